The minimum atomic E-state index is -3.65. The van der Waals surface area contributed by atoms with Gasteiger partial charge in [0.1, 0.15) is 19.5 Å². The van der Waals surface area contributed by atoms with Crippen LogP contribution in [-0.4, -0.2) is 124 Å². The van der Waals surface area contributed by atoms with E-state index in [0.717, 1.165) is 96.3 Å². The van der Waals surface area contributed by atoms with Crippen LogP contribution in [0.4, 0.5) is 0 Å². The van der Waals surface area contributed by atoms with Crippen LogP contribution in [0, 0.1) is 0 Å². The fourth-order valence-electron chi connectivity index (χ4n) is 5.63. The van der Waals surface area contributed by atoms with E-state index in [1.54, 1.807) is 0 Å². The Kier molecular flexibility index (Phi) is 35.6. The maximum absolute atomic E-state index is 10.5. The van der Waals surface area contributed by atoms with Crippen LogP contribution in [0.5, 0.6) is 0 Å². The minimum Gasteiger partial charge on any atom is -0.368 e. The van der Waals surface area contributed by atoms with Gasteiger partial charge in [-0.3, -0.25) is 4.48 Å². The van der Waals surface area contributed by atoms with Gasteiger partial charge in [-0.25, -0.2) is 0 Å². The van der Waals surface area contributed by atoms with Crippen molar-refractivity contribution in [3.8, 4) is 0 Å². The molecule has 0 amide bonds. The van der Waals surface area contributed by atoms with Crippen LogP contribution in [0.15, 0.2) is 0 Å². The van der Waals surface area contributed by atoms with E-state index in [2.05, 4.69) is 0 Å². The summed E-state index contributed by atoms with van der Waals surface area (Å²) < 4.78 is 17.2. The molecule has 0 rings (SSSR count). The first-order chi connectivity index (χ1) is 23.7. The Bertz CT molecular complexity index is 722. The zero-order chi connectivity index (χ0) is 38.1. The van der Waals surface area contributed by atoms with E-state index in [-0.39, 0.29) is 20.9 Å². The van der Waals surface area contributed by atoms with Crippen molar-refractivity contribution < 1.29 is 65.1 Å². The second-order valence-electron chi connectivity index (χ2n) is 14.6. The lowest BCUT2D eigenvalue weighted by molar-refractivity contribution is -0.859. The Morgan fingerprint density at radius 2 is 0.840 bits per heavy atom. The second-order valence-corrected chi connectivity index (χ2v) is 16.5. The molecule has 0 spiro atoms. The maximum Gasteiger partial charge on any atom is 0.465 e. The van der Waals surface area contributed by atoms with E-state index in [0.29, 0.717) is 30.2 Å². The standard InChI is InChI=1S/C35H76NO11P.CH2O.H2/c1-36(2,3)30-48(43,44)46-29-31(47-35(42)27-23-19-15-11-7-5-9-13-17-21-25-33(39)40)28-45-34(41)26-22-18-14-10-6-4-8-12-16-20-24-32(37)38;1-2;/h31-35,37-44H,4-30H2,1-3H3;1H2;1H/q+2;;. The first kappa shape index (κ1) is 51.7. The molecule has 0 aliphatic heterocycles. The minimum absolute atomic E-state index is 0. The molecular formula is C36H80NO12P+2. The molecule has 0 radical (unpaired) electrons. The molecule has 14 heteroatoms. The maximum atomic E-state index is 10.5. The van der Waals surface area contributed by atoms with Crippen molar-refractivity contribution >= 4 is 14.7 Å². The lowest BCUT2D eigenvalue weighted by Crippen LogP contribution is -2.38. The van der Waals surface area contributed by atoms with Crippen LogP contribution < -0.4 is 0 Å². The summed E-state index contributed by atoms with van der Waals surface area (Å²) in [5.41, 5.74) is 0. The summed E-state index contributed by atoms with van der Waals surface area (Å²) in [6.07, 6.45) is 17.8. The van der Waals surface area contributed by atoms with Crippen LogP contribution in [0.25, 0.3) is 0 Å². The molecule has 0 heterocycles. The van der Waals surface area contributed by atoms with Crippen molar-refractivity contribution in [2.75, 3.05) is 40.6 Å². The van der Waals surface area contributed by atoms with E-state index >= 15 is 0 Å². The Labute approximate surface area is 305 Å². The van der Waals surface area contributed by atoms with Crippen molar-refractivity contribution in [2.45, 2.75) is 185 Å². The third-order valence-corrected chi connectivity index (χ3v) is 10.0. The van der Waals surface area contributed by atoms with Gasteiger partial charge in [0.05, 0.1) is 27.7 Å². The molecule has 0 aromatic rings. The molecule has 0 saturated heterocycles. The van der Waals surface area contributed by atoms with Gasteiger partial charge >= 0.3 is 7.94 Å². The van der Waals surface area contributed by atoms with Crippen LogP contribution in [0.1, 0.15) is 156 Å². The molecular weight excluding hydrogens is 669 g/mol. The van der Waals surface area contributed by atoms with Crippen molar-refractivity contribution in [2.24, 2.45) is 0 Å². The number of unbranched alkanes of at least 4 members (excludes halogenated alkanes) is 18. The predicted octanol–water partition coefficient (Wildman–Crippen LogP) is 5.50. The summed E-state index contributed by atoms with van der Waals surface area (Å²) >= 11 is 0. The Morgan fingerprint density at radius 3 is 1.18 bits per heavy atom. The number of quaternary nitrogens is 1. The van der Waals surface area contributed by atoms with Gasteiger partial charge in [0.25, 0.3) is 6.29 Å². The molecule has 3 unspecified atom stereocenters. The lowest BCUT2D eigenvalue weighted by Gasteiger charge is -2.26. The van der Waals surface area contributed by atoms with Crippen LogP contribution in [0.3, 0.4) is 0 Å². The summed E-state index contributed by atoms with van der Waals surface area (Å²) in [6.45, 7) is 1.79. The zero-order valence-electron chi connectivity index (χ0n) is 31.8. The van der Waals surface area contributed by atoms with E-state index in [1.807, 2.05) is 27.9 Å². The molecule has 0 aliphatic rings. The Morgan fingerprint density at radius 1 is 0.520 bits per heavy atom. The van der Waals surface area contributed by atoms with Gasteiger partial charge in [-0.15, -0.1) is 0 Å². The molecule has 0 fully saturated rings. The Hall–Kier alpha value is -0.380. The van der Waals surface area contributed by atoms with Crippen LogP contribution in [0.2, 0.25) is 0 Å². The number of hydrogen-bond acceptors (Lipinski definition) is 12. The highest BCUT2D eigenvalue weighted by molar-refractivity contribution is 7.59. The third-order valence-electron chi connectivity index (χ3n) is 8.23. The third kappa shape index (κ3) is 40.4. The first-order valence-corrected chi connectivity index (χ1v) is 20.9. The second kappa shape index (κ2) is 34.4. The number of rotatable bonds is 36. The molecule has 0 saturated carbocycles. The highest BCUT2D eigenvalue weighted by atomic mass is 31.2. The molecule has 304 valence electrons. The molecule has 13 nitrogen and oxygen atoms in total. The number of aliphatic hydroxyl groups is 6. The quantitative estimate of drug-likeness (QED) is 0.0173. The number of ether oxygens (including phenoxy) is 2. The van der Waals surface area contributed by atoms with Crippen molar-refractivity contribution in [3.05, 3.63) is 0 Å². The fourth-order valence-corrected chi connectivity index (χ4v) is 7.23. The van der Waals surface area contributed by atoms with Gasteiger partial charge in [0.2, 0.25) is 0 Å². The van der Waals surface area contributed by atoms with Crippen LogP contribution in [-0.2, 0) is 18.8 Å². The monoisotopic (exact) mass is 750 g/mol. The van der Waals surface area contributed by atoms with Gasteiger partial charge in [-0.2, -0.15) is 14.3 Å². The van der Waals surface area contributed by atoms with E-state index in [4.69, 9.17) is 39.2 Å². The lowest BCUT2D eigenvalue weighted by atomic mass is 10.0. The summed E-state index contributed by atoms with van der Waals surface area (Å²) in [4.78, 5) is 28.8. The number of carbonyl (C=O) groups is 1. The largest absolute Gasteiger partial charge is 0.465 e. The van der Waals surface area contributed by atoms with Crippen molar-refractivity contribution in [1.82, 2.24) is 0 Å². The summed E-state index contributed by atoms with van der Waals surface area (Å²) in [6, 6.07) is 0. The predicted molar refractivity (Wildman–Crippen MR) is 200 cm³/mol. The Balaban J connectivity index is -0.00000753. The molecule has 0 aliphatic carbocycles. The summed E-state index contributed by atoms with van der Waals surface area (Å²) in [5, 5.41) is 56.4. The average Bonchev–Trinajstić information content (AvgIpc) is 3.03. The molecule has 0 aromatic carbocycles. The highest BCUT2D eigenvalue weighted by Crippen LogP contribution is 2.52. The topological polar surface area (TPSA) is 207 Å². The van der Waals surface area contributed by atoms with Crippen LogP contribution >= 0.6 is 7.94 Å². The smallest absolute Gasteiger partial charge is 0.368 e. The number of aliphatic hydroxyl groups excluding tert-OH is 4. The molecule has 0 aromatic heterocycles. The fraction of sp³-hybridized carbons (Fsp3) is 0.972. The molecule has 3 atom stereocenters. The van der Waals surface area contributed by atoms with E-state index < -0.39 is 39.2 Å². The van der Waals surface area contributed by atoms with Gasteiger partial charge in [0, 0.05) is 1.43 Å². The van der Waals surface area contributed by atoms with Gasteiger partial charge in [-0.05, 0) is 51.4 Å². The normalized spacial score (nSPS) is 14.2. The van der Waals surface area contributed by atoms with E-state index in [9.17, 15) is 20.0 Å². The number of hydrogen-bond donors (Lipinski definition) is 8. The zero-order valence-corrected chi connectivity index (χ0v) is 32.7. The van der Waals surface area contributed by atoms with Crippen molar-refractivity contribution in [1.29, 1.82) is 0 Å². The van der Waals surface area contributed by atoms with Gasteiger partial charge in [-0.1, -0.05) is 103 Å². The van der Waals surface area contributed by atoms with E-state index in [1.165, 1.54) is 32.1 Å². The summed E-state index contributed by atoms with van der Waals surface area (Å²) in [7, 11) is 1.86. The van der Waals surface area contributed by atoms with Crippen molar-refractivity contribution in [3.63, 3.8) is 0 Å². The number of nitrogens with zero attached hydrogens (tertiary/aromatic N) is 1. The SMILES string of the molecule is C=O.C[N+](C)(C)C[P+](O)(O)OCC(COC(O)CCCCCCCCCCCCC(O)O)OC(O)CCCCCCCCCCCCC(O)O.[HH]. The molecule has 50 heavy (non-hydrogen) atoms. The highest BCUT2D eigenvalue weighted by Gasteiger charge is 2.43. The molecule has 0 bridgehead atoms. The average molecular weight is 750 g/mol. The number of carbonyl (C=O) groups excluding carboxylic acids is 1. The van der Waals surface area contributed by atoms with Gasteiger partial charge < -0.3 is 44.9 Å². The summed E-state index contributed by atoms with van der Waals surface area (Å²) in [5.74, 6) is 0. The first-order valence-electron chi connectivity index (χ1n) is 19.1. The van der Waals surface area contributed by atoms with Gasteiger partial charge in [0.15, 0.2) is 25.2 Å². The molecule has 8 N–H and O–H groups in total.